The topological polar surface area (TPSA) is 87.9 Å². The molecule has 0 radical (unpaired) electrons. The lowest BCUT2D eigenvalue weighted by atomic mass is 10.0. The molecule has 7 nitrogen and oxygen atoms in total. The van der Waals surface area contributed by atoms with Gasteiger partial charge in [-0.05, 0) is 65.4 Å². The number of benzene rings is 3. The molecule has 3 rings (SSSR count). The Kier molecular flexibility index (Phi) is 18.2. The first-order valence-electron chi connectivity index (χ1n) is 15.9. The van der Waals surface area contributed by atoms with Crippen molar-refractivity contribution in [1.82, 2.24) is 15.1 Å². The van der Waals surface area contributed by atoms with Crippen LogP contribution in [0, 0.1) is 5.82 Å². The smallest absolute Gasteiger partial charge is 0.375 e. The molecule has 0 aliphatic heterocycles. The number of alkyl halides is 4. The lowest BCUT2D eigenvalue weighted by Crippen LogP contribution is -2.40. The van der Waals surface area contributed by atoms with Gasteiger partial charge in [0.05, 0.1) is 17.8 Å². The van der Waals surface area contributed by atoms with E-state index in [0.717, 1.165) is 40.0 Å². The minimum atomic E-state index is -4.41. The van der Waals surface area contributed by atoms with Crippen molar-refractivity contribution >= 4 is 23.6 Å². The third-order valence-electron chi connectivity index (χ3n) is 7.42. The van der Waals surface area contributed by atoms with Crippen molar-refractivity contribution in [2.24, 2.45) is 5.73 Å². The Balaban J connectivity index is 0.00000442. The van der Waals surface area contributed by atoms with E-state index in [9.17, 15) is 31.5 Å². The fourth-order valence-corrected chi connectivity index (χ4v) is 5.51. The summed E-state index contributed by atoms with van der Waals surface area (Å²) < 4.78 is 66.8. The van der Waals surface area contributed by atoms with E-state index in [4.69, 9.17) is 10.5 Å². The first-order valence-corrected chi connectivity index (χ1v) is 16.9. The van der Waals surface area contributed by atoms with Gasteiger partial charge in [0.1, 0.15) is 19.0 Å². The van der Waals surface area contributed by atoms with Crippen molar-refractivity contribution in [1.29, 1.82) is 0 Å². The average Bonchev–Trinajstić information content (AvgIpc) is 3.11. The van der Waals surface area contributed by atoms with Crippen LogP contribution in [-0.4, -0.2) is 68.7 Å². The van der Waals surface area contributed by atoms with Crippen molar-refractivity contribution < 1.29 is 36.3 Å². The molecular weight excluding hydrogens is 688 g/mol. The molecule has 0 heterocycles. The Hall–Kier alpha value is -4.46. The number of hydrogen-bond acceptors (Lipinski definition) is 6. The molecule has 0 unspecified atom stereocenters. The van der Waals surface area contributed by atoms with Gasteiger partial charge in [0.2, 0.25) is 11.8 Å². The summed E-state index contributed by atoms with van der Waals surface area (Å²) in [6.45, 7) is 11.1. The van der Waals surface area contributed by atoms with Gasteiger partial charge in [-0.25, -0.2) is 4.39 Å². The Morgan fingerprint density at radius 1 is 0.941 bits per heavy atom. The fourth-order valence-electron chi connectivity index (χ4n) is 4.70. The van der Waals surface area contributed by atoms with E-state index in [1.807, 2.05) is 25.3 Å². The molecule has 2 amide bonds. The molecule has 276 valence electrons. The summed E-state index contributed by atoms with van der Waals surface area (Å²) in [7, 11) is 1.94. The van der Waals surface area contributed by atoms with E-state index in [1.54, 1.807) is 34.1 Å². The quantitative estimate of drug-likeness (QED) is 0.103. The molecule has 0 spiro atoms. The van der Waals surface area contributed by atoms with Gasteiger partial charge in [-0.3, -0.25) is 14.0 Å². The second-order valence-electron chi connectivity index (χ2n) is 11.3. The maximum absolute atomic E-state index is 13.8. The Bertz CT molecular complexity index is 1600. The van der Waals surface area contributed by atoms with Crippen molar-refractivity contribution in [2.45, 2.75) is 31.8 Å². The highest BCUT2D eigenvalue weighted by atomic mass is 32.2. The summed E-state index contributed by atoms with van der Waals surface area (Å²) in [5.74, 6) is -0.308. The molecule has 3 aromatic carbocycles. The first-order chi connectivity index (χ1) is 24.3. The number of nitrogens with one attached hydrogen (secondary N) is 1. The van der Waals surface area contributed by atoms with Gasteiger partial charge in [0.25, 0.3) is 0 Å². The average molecular weight is 733 g/mol. The van der Waals surface area contributed by atoms with E-state index in [2.05, 4.69) is 18.5 Å². The van der Waals surface area contributed by atoms with E-state index in [1.165, 1.54) is 43.1 Å². The van der Waals surface area contributed by atoms with Crippen molar-refractivity contribution in [2.75, 3.05) is 47.1 Å². The number of amides is 2. The first kappa shape index (κ1) is 42.7. The van der Waals surface area contributed by atoms with E-state index in [-0.39, 0.29) is 50.4 Å². The van der Waals surface area contributed by atoms with Gasteiger partial charge in [-0.15, -0.1) is 11.8 Å². The number of thioether (sulfide) groups is 1. The van der Waals surface area contributed by atoms with Crippen LogP contribution < -0.4 is 11.1 Å². The molecule has 0 saturated carbocycles. The maximum Gasteiger partial charge on any atom is 0.416 e. The number of hydrogen-bond donors (Lipinski definition) is 2. The number of carbonyl (C=O) groups is 2. The van der Waals surface area contributed by atoms with Gasteiger partial charge >= 0.3 is 6.18 Å². The second kappa shape index (κ2) is 21.7. The number of halogens is 5. The Morgan fingerprint density at radius 2 is 1.51 bits per heavy atom. The fraction of sp³-hybridized carbons (Fsp3) is 0.316. The predicted octanol–water partition coefficient (Wildman–Crippen LogP) is 7.70. The van der Waals surface area contributed by atoms with Crippen LogP contribution in [-0.2, 0) is 32.8 Å². The third kappa shape index (κ3) is 14.7. The highest BCUT2D eigenvalue weighted by Crippen LogP contribution is 2.31. The zero-order valence-corrected chi connectivity index (χ0v) is 29.9. The standard InChI is InChI=1S/C37H42F4N4O3S.CH3F/c1-26(2)32(17-19-43-35(46)24-48-4)22-45(27(3)49-25-29-7-15-34(38)16-8-29)23-36(47)44(20-18-42)21-28-5-9-30(10-6-28)31-11-13-33(14-12-31)37(39,40)41;1-2/h5-16,22H,1,3,17-21,23-25,42H2,2,4H3,(H,43,46);1H3/b32-22-;. The summed E-state index contributed by atoms with van der Waals surface area (Å²) in [6.07, 6.45) is -2.15. The number of nitrogens with zero attached hydrogens (tertiary/aromatic N) is 2. The molecular formula is C38H45F5N4O3S. The molecule has 13 heteroatoms. The summed E-state index contributed by atoms with van der Waals surface area (Å²) in [4.78, 5) is 29.1. The second-order valence-corrected chi connectivity index (χ2v) is 12.3. The maximum atomic E-state index is 13.8. The highest BCUT2D eigenvalue weighted by molar-refractivity contribution is 8.02. The normalized spacial score (nSPS) is 11.3. The molecule has 51 heavy (non-hydrogen) atoms. The van der Waals surface area contributed by atoms with Gasteiger partial charge in [-0.1, -0.05) is 67.3 Å². The molecule has 0 saturated heterocycles. The van der Waals surface area contributed by atoms with Crippen molar-refractivity contribution in [3.63, 3.8) is 0 Å². The number of ether oxygens (including phenoxy) is 1. The van der Waals surface area contributed by atoms with Crippen molar-refractivity contribution in [3.8, 4) is 11.1 Å². The summed E-state index contributed by atoms with van der Waals surface area (Å²) in [5, 5.41) is 3.37. The number of allylic oxidation sites excluding steroid dienone is 1. The van der Waals surface area contributed by atoms with Crippen LogP contribution in [0.15, 0.2) is 108 Å². The SMILES string of the molecule is C=C(C)/C(=C\N(CC(=O)N(CCN)Cc1ccc(-c2ccc(C(F)(F)F)cc2)cc1)C(=C)SCc1ccc(F)cc1)CCNC(=O)COC.CF. The lowest BCUT2D eigenvalue weighted by Gasteiger charge is -2.28. The number of rotatable bonds is 18. The number of methoxy groups -OCH3 is 1. The van der Waals surface area contributed by atoms with Crippen LogP contribution in [0.25, 0.3) is 11.1 Å². The minimum absolute atomic E-state index is 0.0572. The molecule has 3 N–H and O–H groups in total. The minimum Gasteiger partial charge on any atom is -0.375 e. The van der Waals surface area contributed by atoms with Crippen LogP contribution in [0.2, 0.25) is 0 Å². The zero-order chi connectivity index (χ0) is 38.0. The van der Waals surface area contributed by atoms with Crippen LogP contribution in [0.3, 0.4) is 0 Å². The number of nitrogens with two attached hydrogens (primary N) is 1. The molecule has 0 fully saturated rings. The van der Waals surface area contributed by atoms with Crippen LogP contribution in [0.4, 0.5) is 22.0 Å². The van der Waals surface area contributed by atoms with Crippen molar-refractivity contribution in [3.05, 3.63) is 131 Å². The van der Waals surface area contributed by atoms with Gasteiger partial charge in [0, 0.05) is 45.2 Å². The highest BCUT2D eigenvalue weighted by Gasteiger charge is 2.30. The predicted molar refractivity (Wildman–Crippen MR) is 194 cm³/mol. The summed E-state index contributed by atoms with van der Waals surface area (Å²) in [5.41, 5.74) is 9.82. The zero-order valence-electron chi connectivity index (χ0n) is 29.1. The monoisotopic (exact) mass is 732 g/mol. The lowest BCUT2D eigenvalue weighted by molar-refractivity contribution is -0.137. The van der Waals surface area contributed by atoms with Gasteiger partial charge in [-0.2, -0.15) is 13.2 Å². The largest absolute Gasteiger partial charge is 0.416 e. The van der Waals surface area contributed by atoms with Crippen LogP contribution >= 0.6 is 11.8 Å². The molecule has 0 bridgehead atoms. The Labute approximate surface area is 301 Å². The summed E-state index contributed by atoms with van der Waals surface area (Å²) in [6, 6.07) is 18.4. The molecule has 3 aromatic rings. The molecule has 0 aliphatic carbocycles. The Morgan fingerprint density at radius 3 is 2.04 bits per heavy atom. The van der Waals surface area contributed by atoms with E-state index >= 15 is 0 Å². The molecule has 0 atom stereocenters. The number of carbonyl (C=O) groups excluding carboxylic acids is 2. The van der Waals surface area contributed by atoms with Gasteiger partial charge in [0.15, 0.2) is 0 Å². The van der Waals surface area contributed by atoms with E-state index < -0.39 is 11.7 Å². The van der Waals surface area contributed by atoms with Crippen LogP contribution in [0.5, 0.6) is 0 Å². The van der Waals surface area contributed by atoms with Crippen LogP contribution in [0.1, 0.15) is 30.0 Å². The summed E-state index contributed by atoms with van der Waals surface area (Å²) >= 11 is 1.40. The molecule has 0 aromatic heterocycles. The van der Waals surface area contributed by atoms with Gasteiger partial charge < -0.3 is 25.6 Å². The molecule has 0 aliphatic rings. The van der Waals surface area contributed by atoms with E-state index in [0.29, 0.717) is 36.5 Å². The third-order valence-corrected chi connectivity index (χ3v) is 8.47.